The van der Waals surface area contributed by atoms with Crippen molar-refractivity contribution in [3.05, 3.63) is 80.7 Å². The highest BCUT2D eigenvalue weighted by molar-refractivity contribution is 8.40. The predicted molar refractivity (Wildman–Crippen MR) is 124 cm³/mol. The molecule has 0 atom stereocenters. The van der Waals surface area contributed by atoms with Gasteiger partial charge in [0.25, 0.3) is 4.38 Å². The molecule has 2 aromatic carbocycles. The Morgan fingerprint density at radius 2 is 1.54 bits per heavy atom. The van der Waals surface area contributed by atoms with Gasteiger partial charge in [0.15, 0.2) is 4.91 Å². The van der Waals surface area contributed by atoms with Crippen molar-refractivity contribution >= 4 is 56.9 Å². The van der Waals surface area contributed by atoms with Crippen LogP contribution in [0.2, 0.25) is 0 Å². The zero-order valence-corrected chi connectivity index (χ0v) is 18.7. The molecule has 2 heterocycles. The standard InChI is InChI=1S/C22H21N2OS3/c1-14-5-9-17(10-6-14)23-16(3)13-27-21(23)19-20(25)24(22(26-4)28-19)18-11-7-15(2)8-12-18/h5-13H,1-4H3/q+1/b21-19+. The van der Waals surface area contributed by atoms with E-state index in [1.165, 1.54) is 11.1 Å². The van der Waals surface area contributed by atoms with Crippen molar-refractivity contribution in [3.63, 3.8) is 0 Å². The maximum Gasteiger partial charge on any atom is 0.436 e. The van der Waals surface area contributed by atoms with Crippen LogP contribution < -0.4 is 4.90 Å². The number of benzene rings is 2. The molecule has 6 heteroatoms. The molecule has 0 saturated heterocycles. The summed E-state index contributed by atoms with van der Waals surface area (Å²) in [6.07, 6.45) is 2.02. The van der Waals surface area contributed by atoms with Crippen molar-refractivity contribution in [3.8, 4) is 0 Å². The first kappa shape index (κ1) is 19.4. The van der Waals surface area contributed by atoms with E-state index in [1.54, 1.807) is 35.3 Å². The Morgan fingerprint density at radius 3 is 2.14 bits per heavy atom. The Morgan fingerprint density at radius 1 is 0.929 bits per heavy atom. The molecule has 3 nitrogen and oxygen atoms in total. The molecular weight excluding hydrogens is 404 g/mol. The van der Waals surface area contributed by atoms with E-state index in [1.807, 2.05) is 35.1 Å². The number of aryl methyl sites for hydroxylation is 2. The van der Waals surface area contributed by atoms with Gasteiger partial charge in [-0.15, -0.1) is 4.58 Å². The van der Waals surface area contributed by atoms with E-state index in [9.17, 15) is 4.79 Å². The van der Waals surface area contributed by atoms with Gasteiger partial charge >= 0.3 is 5.91 Å². The van der Waals surface area contributed by atoms with Crippen LogP contribution in [0.25, 0.3) is 0 Å². The predicted octanol–water partition coefficient (Wildman–Crippen LogP) is 6.22. The average molecular weight is 426 g/mol. The Labute approximate surface area is 178 Å². The largest absolute Gasteiger partial charge is 0.436 e. The highest BCUT2D eigenvalue weighted by atomic mass is 32.2. The number of hydrogen-bond acceptors (Lipinski definition) is 5. The average Bonchev–Trinajstić information content (AvgIpc) is 3.23. The minimum absolute atomic E-state index is 0.0425. The van der Waals surface area contributed by atoms with E-state index in [-0.39, 0.29) is 5.91 Å². The molecule has 4 rings (SSSR count). The fourth-order valence-corrected chi connectivity index (χ4v) is 6.09. The van der Waals surface area contributed by atoms with Gasteiger partial charge in [0.05, 0.1) is 0 Å². The molecular formula is C22H21N2OS3+. The fourth-order valence-electron chi connectivity index (χ4n) is 3.12. The Kier molecular flexibility index (Phi) is 5.45. The molecule has 0 fully saturated rings. The van der Waals surface area contributed by atoms with Gasteiger partial charge in [0.1, 0.15) is 5.03 Å². The molecule has 0 radical (unpaired) electrons. The summed E-state index contributed by atoms with van der Waals surface area (Å²) in [4.78, 5) is 16.4. The number of allylic oxidation sites excluding steroid dienone is 1. The number of carbonyl (C=O) groups is 1. The van der Waals surface area contributed by atoms with E-state index in [0.717, 1.165) is 31.4 Å². The molecule has 0 aliphatic carbocycles. The first-order valence-electron chi connectivity index (χ1n) is 8.94. The third kappa shape index (κ3) is 3.45. The van der Waals surface area contributed by atoms with Crippen LogP contribution in [0.4, 0.5) is 11.4 Å². The van der Waals surface area contributed by atoms with Crippen molar-refractivity contribution in [2.75, 3.05) is 11.2 Å². The van der Waals surface area contributed by atoms with Gasteiger partial charge in [0.2, 0.25) is 5.69 Å². The third-order valence-electron chi connectivity index (χ3n) is 4.62. The highest BCUT2D eigenvalue weighted by Crippen LogP contribution is 2.46. The topological polar surface area (TPSA) is 23.3 Å². The van der Waals surface area contributed by atoms with E-state index in [2.05, 4.69) is 55.3 Å². The first-order chi connectivity index (χ1) is 13.5. The van der Waals surface area contributed by atoms with Gasteiger partial charge in [-0.1, -0.05) is 58.9 Å². The molecule has 2 aromatic rings. The maximum absolute atomic E-state index is 13.4. The third-order valence-corrected chi connectivity index (χ3v) is 8.03. The molecule has 0 aromatic heterocycles. The second-order valence-electron chi connectivity index (χ2n) is 6.73. The van der Waals surface area contributed by atoms with E-state index in [4.69, 9.17) is 0 Å². The number of amides is 1. The van der Waals surface area contributed by atoms with Crippen molar-refractivity contribution in [2.45, 2.75) is 20.8 Å². The zero-order valence-electron chi connectivity index (χ0n) is 16.2. The van der Waals surface area contributed by atoms with Gasteiger partial charge in [-0.25, -0.2) is 4.79 Å². The zero-order chi connectivity index (χ0) is 19.8. The number of carbonyl (C=O) groups excluding carboxylic acids is 1. The minimum Gasteiger partial charge on any atom is -0.307 e. The summed E-state index contributed by atoms with van der Waals surface area (Å²) in [5, 5.41) is 3.10. The van der Waals surface area contributed by atoms with Crippen LogP contribution in [0, 0.1) is 13.8 Å². The lowest BCUT2D eigenvalue weighted by Crippen LogP contribution is -2.19. The Bertz CT molecular complexity index is 1030. The monoisotopic (exact) mass is 425 g/mol. The van der Waals surface area contributed by atoms with Crippen LogP contribution in [0.3, 0.4) is 0 Å². The molecule has 2 aliphatic heterocycles. The summed E-state index contributed by atoms with van der Waals surface area (Å²) in [6, 6.07) is 16.6. The van der Waals surface area contributed by atoms with Gasteiger partial charge in [-0.3, -0.25) is 0 Å². The lowest BCUT2D eigenvalue weighted by atomic mass is 10.2. The van der Waals surface area contributed by atoms with Gasteiger partial charge < -0.3 is 4.90 Å². The first-order valence-corrected chi connectivity index (χ1v) is 11.9. The second-order valence-corrected chi connectivity index (χ2v) is 9.64. The Hall–Kier alpha value is -1.89. The number of hydrogen-bond donors (Lipinski definition) is 0. The molecule has 0 saturated carbocycles. The quantitative estimate of drug-likeness (QED) is 0.420. The van der Waals surface area contributed by atoms with E-state index < -0.39 is 0 Å². The molecule has 1 amide bonds. The van der Waals surface area contributed by atoms with E-state index in [0.29, 0.717) is 0 Å². The smallest absolute Gasteiger partial charge is 0.307 e. The molecule has 28 heavy (non-hydrogen) atoms. The minimum atomic E-state index is 0.0425. The fraction of sp³-hybridized carbons (Fsp3) is 0.182. The summed E-state index contributed by atoms with van der Waals surface area (Å²) in [6.45, 7) is 6.22. The normalized spacial score (nSPS) is 19.6. The van der Waals surface area contributed by atoms with Crippen molar-refractivity contribution in [1.29, 1.82) is 0 Å². The summed E-state index contributed by atoms with van der Waals surface area (Å²) in [7, 11) is 0. The molecule has 0 spiro atoms. The highest BCUT2D eigenvalue weighted by Gasteiger charge is 2.43. The molecule has 0 bridgehead atoms. The SMILES string of the molecule is CSC1=[N+](c2ccc(C)cc2)C(=O)/C(=C2\SC=C(C)N2c2ccc(C)cc2)S1. The van der Waals surface area contributed by atoms with Crippen LogP contribution in [0.5, 0.6) is 0 Å². The number of anilines is 1. The molecule has 0 unspecified atom stereocenters. The number of thioether (sulfide) groups is 3. The van der Waals surface area contributed by atoms with Gasteiger partial charge in [-0.2, -0.15) is 0 Å². The number of rotatable bonds is 2. The maximum atomic E-state index is 13.4. The number of nitrogens with zero attached hydrogens (tertiary/aromatic N) is 2. The van der Waals surface area contributed by atoms with Crippen molar-refractivity contribution < 1.29 is 9.37 Å². The summed E-state index contributed by atoms with van der Waals surface area (Å²) in [5.41, 5.74) is 5.53. The van der Waals surface area contributed by atoms with Crippen LogP contribution in [0.1, 0.15) is 18.1 Å². The lowest BCUT2D eigenvalue weighted by Gasteiger charge is -2.22. The van der Waals surface area contributed by atoms with E-state index >= 15 is 0 Å². The molecule has 142 valence electrons. The molecule has 0 N–H and O–H groups in total. The second kappa shape index (κ2) is 7.85. The van der Waals surface area contributed by atoms with Crippen LogP contribution in [-0.4, -0.2) is 21.1 Å². The van der Waals surface area contributed by atoms with Crippen LogP contribution in [-0.2, 0) is 4.79 Å². The van der Waals surface area contributed by atoms with Crippen molar-refractivity contribution in [1.82, 2.24) is 0 Å². The summed E-state index contributed by atoms with van der Waals surface area (Å²) >= 11 is 4.80. The molecule has 2 aliphatic rings. The summed E-state index contributed by atoms with van der Waals surface area (Å²) < 4.78 is 2.82. The summed E-state index contributed by atoms with van der Waals surface area (Å²) in [5.74, 6) is 0.0425. The van der Waals surface area contributed by atoms with Crippen LogP contribution >= 0.6 is 35.3 Å². The van der Waals surface area contributed by atoms with Gasteiger partial charge in [-0.05, 0) is 44.6 Å². The Balaban J connectivity index is 1.76. The lowest BCUT2D eigenvalue weighted by molar-refractivity contribution is -0.354. The van der Waals surface area contributed by atoms with Crippen LogP contribution in [0.15, 0.2) is 69.6 Å². The van der Waals surface area contributed by atoms with Gasteiger partial charge in [0, 0.05) is 35.3 Å². The van der Waals surface area contributed by atoms with Crippen molar-refractivity contribution in [2.24, 2.45) is 0 Å².